The zero-order valence-electron chi connectivity index (χ0n) is 13.5. The van der Waals surface area contributed by atoms with Crippen molar-refractivity contribution in [1.82, 2.24) is 20.0 Å². The molecule has 0 bridgehead atoms. The van der Waals surface area contributed by atoms with Crippen LogP contribution in [0.15, 0.2) is 60.9 Å². The molecule has 26 heavy (non-hydrogen) atoms. The number of aldehydes is 1. The largest absolute Gasteiger partial charge is 0.487 e. The average molecular weight is 365 g/mol. The standard InChI is InChI=1S/C19H13ClN4O2/c20-14-3-6-17-18(9-14)21-8-7-19(17)24-10-15(22-23-24)12-26-16-4-1-13(11-25)2-5-16/h1-11H,12H2. The van der Waals surface area contributed by atoms with Gasteiger partial charge in [-0.25, -0.2) is 4.68 Å². The lowest BCUT2D eigenvalue weighted by atomic mass is 10.2. The molecule has 2 aromatic carbocycles. The van der Waals surface area contributed by atoms with E-state index in [1.165, 1.54) is 0 Å². The van der Waals surface area contributed by atoms with Gasteiger partial charge in [0, 0.05) is 22.2 Å². The highest BCUT2D eigenvalue weighted by Crippen LogP contribution is 2.23. The summed E-state index contributed by atoms with van der Waals surface area (Å²) in [6.45, 7) is 0.273. The molecule has 4 rings (SSSR count). The summed E-state index contributed by atoms with van der Waals surface area (Å²) in [5, 5.41) is 9.89. The van der Waals surface area contributed by atoms with Gasteiger partial charge >= 0.3 is 0 Å². The molecule has 2 aromatic heterocycles. The summed E-state index contributed by atoms with van der Waals surface area (Å²) in [7, 11) is 0. The number of pyridine rings is 1. The quantitative estimate of drug-likeness (QED) is 0.503. The molecule has 4 aromatic rings. The molecule has 0 amide bonds. The fourth-order valence-corrected chi connectivity index (χ4v) is 2.75. The molecule has 0 fully saturated rings. The Labute approximate surface area is 154 Å². The first-order chi connectivity index (χ1) is 12.7. The van der Waals surface area contributed by atoms with Crippen LogP contribution in [-0.4, -0.2) is 26.3 Å². The van der Waals surface area contributed by atoms with Crippen molar-refractivity contribution in [3.63, 3.8) is 0 Å². The van der Waals surface area contributed by atoms with Crippen molar-refractivity contribution in [3.05, 3.63) is 77.2 Å². The van der Waals surface area contributed by atoms with Crippen molar-refractivity contribution in [2.75, 3.05) is 0 Å². The Hall–Kier alpha value is -3.25. The maximum atomic E-state index is 10.7. The van der Waals surface area contributed by atoms with Crippen LogP contribution >= 0.6 is 11.6 Å². The third-order valence-electron chi connectivity index (χ3n) is 3.87. The van der Waals surface area contributed by atoms with E-state index in [1.54, 1.807) is 35.1 Å². The van der Waals surface area contributed by atoms with Gasteiger partial charge in [-0.15, -0.1) is 5.10 Å². The van der Waals surface area contributed by atoms with Crippen LogP contribution in [0.25, 0.3) is 16.6 Å². The Morgan fingerprint density at radius 3 is 2.77 bits per heavy atom. The number of ether oxygens (including phenoxy) is 1. The van der Waals surface area contributed by atoms with Crippen LogP contribution in [0.4, 0.5) is 0 Å². The van der Waals surface area contributed by atoms with Crippen molar-refractivity contribution in [2.24, 2.45) is 0 Å². The minimum Gasteiger partial charge on any atom is -0.487 e. The second-order valence-electron chi connectivity index (χ2n) is 5.62. The second-order valence-corrected chi connectivity index (χ2v) is 6.06. The lowest BCUT2D eigenvalue weighted by molar-refractivity contribution is 0.112. The molecule has 0 aliphatic rings. The Kier molecular flexibility index (Phi) is 4.33. The van der Waals surface area contributed by atoms with Crippen LogP contribution in [0, 0.1) is 0 Å². The number of halogens is 1. The zero-order valence-corrected chi connectivity index (χ0v) is 14.3. The number of aromatic nitrogens is 4. The van der Waals surface area contributed by atoms with E-state index in [1.807, 2.05) is 30.5 Å². The van der Waals surface area contributed by atoms with Crippen LogP contribution in [0.1, 0.15) is 16.1 Å². The fraction of sp³-hybridized carbons (Fsp3) is 0.0526. The van der Waals surface area contributed by atoms with Gasteiger partial charge in [0.05, 0.1) is 17.4 Å². The third kappa shape index (κ3) is 3.27. The van der Waals surface area contributed by atoms with Crippen molar-refractivity contribution >= 4 is 28.8 Å². The highest BCUT2D eigenvalue weighted by molar-refractivity contribution is 6.31. The van der Waals surface area contributed by atoms with E-state index < -0.39 is 0 Å². The molecular weight excluding hydrogens is 352 g/mol. The average Bonchev–Trinajstić information content (AvgIpc) is 3.15. The smallest absolute Gasteiger partial charge is 0.150 e. The van der Waals surface area contributed by atoms with E-state index in [9.17, 15) is 4.79 Å². The van der Waals surface area contributed by atoms with E-state index >= 15 is 0 Å². The first kappa shape index (κ1) is 16.2. The zero-order chi connectivity index (χ0) is 17.9. The summed E-state index contributed by atoms with van der Waals surface area (Å²) in [4.78, 5) is 15.0. The molecule has 128 valence electrons. The van der Waals surface area contributed by atoms with E-state index in [2.05, 4.69) is 15.3 Å². The summed E-state index contributed by atoms with van der Waals surface area (Å²) in [5.41, 5.74) is 2.94. The van der Waals surface area contributed by atoms with E-state index in [-0.39, 0.29) is 6.61 Å². The van der Waals surface area contributed by atoms with Gasteiger partial charge in [-0.1, -0.05) is 16.8 Å². The molecule has 0 aliphatic heterocycles. The second kappa shape index (κ2) is 6.93. The molecule has 2 heterocycles. The Balaban J connectivity index is 1.55. The van der Waals surface area contributed by atoms with Crippen molar-refractivity contribution < 1.29 is 9.53 Å². The maximum absolute atomic E-state index is 10.7. The Bertz CT molecular complexity index is 1080. The van der Waals surface area contributed by atoms with Crippen LogP contribution < -0.4 is 4.74 Å². The van der Waals surface area contributed by atoms with Crippen LogP contribution in [0.2, 0.25) is 5.02 Å². The summed E-state index contributed by atoms with van der Waals surface area (Å²) in [5.74, 6) is 0.661. The monoisotopic (exact) mass is 364 g/mol. The number of benzene rings is 2. The van der Waals surface area contributed by atoms with Gasteiger partial charge in [-0.3, -0.25) is 9.78 Å². The van der Waals surface area contributed by atoms with Gasteiger partial charge in [-0.2, -0.15) is 0 Å². The predicted molar refractivity (Wildman–Crippen MR) is 97.8 cm³/mol. The van der Waals surface area contributed by atoms with Crippen molar-refractivity contribution in [1.29, 1.82) is 0 Å². The van der Waals surface area contributed by atoms with Gasteiger partial charge in [0.2, 0.25) is 0 Å². The normalized spacial score (nSPS) is 10.8. The van der Waals surface area contributed by atoms with Crippen molar-refractivity contribution in [3.8, 4) is 11.4 Å². The highest BCUT2D eigenvalue weighted by atomic mass is 35.5. The molecule has 0 aliphatic carbocycles. The lowest BCUT2D eigenvalue weighted by Gasteiger charge is -2.05. The molecule has 6 nitrogen and oxygen atoms in total. The summed E-state index contributed by atoms with van der Waals surface area (Å²) in [6, 6.07) is 14.3. The number of fused-ring (bicyclic) bond motifs is 1. The van der Waals surface area contributed by atoms with Crippen LogP contribution in [0.5, 0.6) is 5.75 Å². The van der Waals surface area contributed by atoms with Gasteiger partial charge in [0.15, 0.2) is 0 Å². The topological polar surface area (TPSA) is 69.9 Å². The number of nitrogens with zero attached hydrogens (tertiary/aromatic N) is 4. The molecule has 0 spiro atoms. The predicted octanol–water partition coefficient (Wildman–Crippen LogP) is 3.86. The first-order valence-corrected chi connectivity index (χ1v) is 8.24. The number of hydrogen-bond acceptors (Lipinski definition) is 5. The molecule has 0 saturated heterocycles. The number of carbonyl (C=O) groups excluding carboxylic acids is 1. The van der Waals surface area contributed by atoms with E-state index in [0.717, 1.165) is 22.9 Å². The minimum atomic E-state index is 0.273. The van der Waals surface area contributed by atoms with Crippen molar-refractivity contribution in [2.45, 2.75) is 6.61 Å². The molecular formula is C19H13ClN4O2. The lowest BCUT2D eigenvalue weighted by Crippen LogP contribution is -1.97. The fourth-order valence-electron chi connectivity index (χ4n) is 2.59. The van der Waals surface area contributed by atoms with Gasteiger partial charge in [-0.05, 0) is 48.5 Å². The molecule has 0 unspecified atom stereocenters. The SMILES string of the molecule is O=Cc1ccc(OCc2cn(-c3ccnc4cc(Cl)ccc34)nn2)cc1. The van der Waals surface area contributed by atoms with Crippen LogP contribution in [0.3, 0.4) is 0 Å². The van der Waals surface area contributed by atoms with Gasteiger partial charge in [0.1, 0.15) is 24.3 Å². The summed E-state index contributed by atoms with van der Waals surface area (Å²) in [6.07, 6.45) is 4.31. The number of hydrogen-bond donors (Lipinski definition) is 0. The number of carbonyl (C=O) groups is 1. The molecule has 0 radical (unpaired) electrons. The highest BCUT2D eigenvalue weighted by Gasteiger charge is 2.08. The summed E-state index contributed by atoms with van der Waals surface area (Å²) >= 11 is 6.03. The van der Waals surface area contributed by atoms with Crippen LogP contribution in [-0.2, 0) is 6.61 Å². The molecule has 0 saturated carbocycles. The van der Waals surface area contributed by atoms with E-state index in [0.29, 0.717) is 22.0 Å². The molecule has 0 N–H and O–H groups in total. The first-order valence-electron chi connectivity index (χ1n) is 7.87. The summed E-state index contributed by atoms with van der Waals surface area (Å²) < 4.78 is 7.37. The van der Waals surface area contributed by atoms with E-state index in [4.69, 9.17) is 16.3 Å². The molecule has 7 heteroatoms. The Morgan fingerprint density at radius 1 is 1.12 bits per heavy atom. The molecule has 0 atom stereocenters. The minimum absolute atomic E-state index is 0.273. The third-order valence-corrected chi connectivity index (χ3v) is 4.11. The number of rotatable bonds is 5. The Morgan fingerprint density at radius 2 is 1.96 bits per heavy atom. The van der Waals surface area contributed by atoms with Gasteiger partial charge < -0.3 is 4.74 Å². The van der Waals surface area contributed by atoms with Gasteiger partial charge in [0.25, 0.3) is 0 Å². The maximum Gasteiger partial charge on any atom is 0.150 e.